The van der Waals surface area contributed by atoms with E-state index in [2.05, 4.69) is 94.4 Å². The second-order valence-corrected chi connectivity index (χ2v) is 12.8. The lowest BCUT2D eigenvalue weighted by Gasteiger charge is -2.27. The van der Waals surface area contributed by atoms with Gasteiger partial charge in [-0.2, -0.15) is 0 Å². The summed E-state index contributed by atoms with van der Waals surface area (Å²) in [4.78, 5) is 6.20. The number of hydrogen-bond acceptors (Lipinski definition) is 2. The minimum Gasteiger partial charge on any atom is -0.392 e. The van der Waals surface area contributed by atoms with Crippen molar-refractivity contribution in [3.63, 3.8) is 0 Å². The van der Waals surface area contributed by atoms with Crippen LogP contribution in [0.15, 0.2) is 65.8 Å². The van der Waals surface area contributed by atoms with E-state index in [-0.39, 0.29) is 11.5 Å². The second-order valence-electron chi connectivity index (χ2n) is 12.8. The number of nitrogens with zero attached hydrogens (tertiary/aromatic N) is 1. The Labute approximate surface area is 234 Å². The maximum absolute atomic E-state index is 6.20. The van der Waals surface area contributed by atoms with Gasteiger partial charge in [0, 0.05) is 12.0 Å². The molecule has 39 heavy (non-hydrogen) atoms. The minimum atomic E-state index is 0.0197. The average molecular weight is 518 g/mol. The van der Waals surface area contributed by atoms with Gasteiger partial charge in [-0.25, -0.2) is 0 Å². The van der Waals surface area contributed by atoms with E-state index in [9.17, 15) is 0 Å². The van der Waals surface area contributed by atoms with Gasteiger partial charge in [-0.3, -0.25) is 0 Å². The molecular formula is C37H43NO. The van der Waals surface area contributed by atoms with Crippen molar-refractivity contribution >= 4 is 17.4 Å². The highest BCUT2D eigenvalue weighted by molar-refractivity contribution is 6.04. The fraction of sp³-hybridized carbons (Fsp3) is 0.432. The van der Waals surface area contributed by atoms with E-state index < -0.39 is 0 Å². The maximum atomic E-state index is 6.20. The van der Waals surface area contributed by atoms with Gasteiger partial charge in [0.05, 0.1) is 5.71 Å². The van der Waals surface area contributed by atoms with Crippen LogP contribution in [-0.2, 0) is 23.1 Å². The molecule has 0 aromatic heterocycles. The number of oxime groups is 1. The number of fused-ring (bicyclic) bond motifs is 2. The van der Waals surface area contributed by atoms with Crippen LogP contribution >= 0.6 is 0 Å². The smallest absolute Gasteiger partial charge is 0.136 e. The summed E-state index contributed by atoms with van der Waals surface area (Å²) in [6.07, 6.45) is 13.3. The monoisotopic (exact) mass is 517 g/mol. The summed E-state index contributed by atoms with van der Waals surface area (Å²) in [6, 6.07) is 23.0. The maximum Gasteiger partial charge on any atom is 0.136 e. The van der Waals surface area contributed by atoms with E-state index in [1.165, 1.54) is 81.5 Å². The Kier molecular flexibility index (Phi) is 7.23. The highest BCUT2D eigenvalue weighted by atomic mass is 16.6. The molecule has 3 aromatic carbocycles. The van der Waals surface area contributed by atoms with E-state index in [1.54, 1.807) is 0 Å². The fourth-order valence-corrected chi connectivity index (χ4v) is 6.98. The lowest BCUT2D eigenvalue weighted by molar-refractivity contribution is 0.0268. The van der Waals surface area contributed by atoms with Crippen molar-refractivity contribution in [3.8, 4) is 0 Å². The van der Waals surface area contributed by atoms with Gasteiger partial charge in [0.1, 0.15) is 6.10 Å². The van der Waals surface area contributed by atoms with Crippen molar-refractivity contribution in [2.45, 2.75) is 97.0 Å². The number of benzene rings is 3. The first kappa shape index (κ1) is 26.1. The van der Waals surface area contributed by atoms with Gasteiger partial charge in [-0.1, -0.05) is 113 Å². The van der Waals surface area contributed by atoms with Crippen molar-refractivity contribution in [3.05, 3.63) is 104 Å². The highest BCUT2D eigenvalue weighted by Crippen LogP contribution is 2.38. The van der Waals surface area contributed by atoms with Gasteiger partial charge < -0.3 is 4.84 Å². The lowest BCUT2D eigenvalue weighted by atomic mass is 9.77. The Hall–Kier alpha value is -3.13. The molecule has 202 valence electrons. The summed E-state index contributed by atoms with van der Waals surface area (Å²) >= 11 is 0. The first-order valence-corrected chi connectivity index (χ1v) is 15.2. The normalized spacial score (nSPS) is 22.0. The molecule has 2 nitrogen and oxygen atoms in total. The third-order valence-electron chi connectivity index (χ3n) is 9.21. The molecule has 1 atom stereocenters. The van der Waals surface area contributed by atoms with E-state index >= 15 is 0 Å². The molecule has 1 saturated carbocycles. The SMILES string of the molecule is CCc1c(C2=NOC(C3CCCCC3)C2)cc(C(C)(C)C)cc1/C1=c2\cccc\c2=C\CCc2ccccc21. The summed E-state index contributed by atoms with van der Waals surface area (Å²) in [5.74, 6) is 0.643. The largest absolute Gasteiger partial charge is 0.392 e. The summed E-state index contributed by atoms with van der Waals surface area (Å²) in [5, 5.41) is 7.48. The Morgan fingerprint density at radius 1 is 0.872 bits per heavy atom. The summed E-state index contributed by atoms with van der Waals surface area (Å²) in [7, 11) is 0. The van der Waals surface area contributed by atoms with Gasteiger partial charge in [-0.15, -0.1) is 0 Å². The Bertz CT molecular complexity index is 1510. The molecule has 1 heterocycles. The molecule has 3 aromatic rings. The van der Waals surface area contributed by atoms with Crippen LogP contribution in [0.2, 0.25) is 0 Å². The van der Waals surface area contributed by atoms with Crippen molar-refractivity contribution in [2.24, 2.45) is 11.1 Å². The van der Waals surface area contributed by atoms with Crippen LogP contribution in [0.5, 0.6) is 0 Å². The Morgan fingerprint density at radius 3 is 2.41 bits per heavy atom. The first-order chi connectivity index (χ1) is 18.9. The van der Waals surface area contributed by atoms with E-state index in [0.717, 1.165) is 31.4 Å². The van der Waals surface area contributed by atoms with Crippen LogP contribution in [0.25, 0.3) is 11.6 Å². The van der Waals surface area contributed by atoms with Crippen molar-refractivity contribution in [1.82, 2.24) is 0 Å². The van der Waals surface area contributed by atoms with Crippen molar-refractivity contribution < 1.29 is 4.84 Å². The molecule has 2 heteroatoms. The molecule has 0 bridgehead atoms. The standard InChI is InChI=1S/C37H43NO/c1-5-29-32(34-24-35(39-38-34)27-16-7-6-8-17-27)22-28(37(2,3)4)23-33(29)36-30-20-11-9-14-25(30)18-13-19-26-15-10-12-21-31(26)36/h9-12,14-15,18,20-23,27,35H,5-8,13,16-17,19,24H2,1-4H3/b25-18-,36-30+. The van der Waals surface area contributed by atoms with Crippen LogP contribution < -0.4 is 10.4 Å². The first-order valence-electron chi connectivity index (χ1n) is 15.2. The summed E-state index contributed by atoms with van der Waals surface area (Å²) < 4.78 is 0. The van der Waals surface area contributed by atoms with Crippen molar-refractivity contribution in [1.29, 1.82) is 0 Å². The molecule has 1 fully saturated rings. The topological polar surface area (TPSA) is 21.6 Å². The zero-order valence-corrected chi connectivity index (χ0v) is 24.2. The predicted molar refractivity (Wildman–Crippen MR) is 164 cm³/mol. The average Bonchev–Trinajstić information content (AvgIpc) is 3.43. The Morgan fingerprint density at radius 2 is 1.62 bits per heavy atom. The molecule has 2 aliphatic carbocycles. The minimum absolute atomic E-state index is 0.0197. The molecule has 0 N–H and O–H groups in total. The molecule has 6 rings (SSSR count). The van der Waals surface area contributed by atoms with Gasteiger partial charge in [-0.05, 0) is 93.3 Å². The third-order valence-corrected chi connectivity index (χ3v) is 9.21. The second kappa shape index (κ2) is 10.8. The zero-order valence-electron chi connectivity index (χ0n) is 24.2. The molecule has 3 aliphatic rings. The van der Waals surface area contributed by atoms with Crippen LogP contribution in [0.1, 0.15) is 106 Å². The van der Waals surface area contributed by atoms with E-state index in [4.69, 9.17) is 9.99 Å². The van der Waals surface area contributed by atoms with Gasteiger partial charge in [0.25, 0.3) is 0 Å². The molecule has 1 unspecified atom stereocenters. The van der Waals surface area contributed by atoms with E-state index in [1.807, 2.05) is 0 Å². The molecule has 0 spiro atoms. The van der Waals surface area contributed by atoms with E-state index in [0.29, 0.717) is 5.92 Å². The number of rotatable bonds is 4. The quantitative estimate of drug-likeness (QED) is 0.349. The van der Waals surface area contributed by atoms with Crippen LogP contribution in [-0.4, -0.2) is 11.8 Å². The Balaban J connectivity index is 1.59. The lowest BCUT2D eigenvalue weighted by Crippen LogP contribution is -2.29. The third kappa shape index (κ3) is 5.11. The molecular weight excluding hydrogens is 474 g/mol. The molecule has 0 amide bonds. The zero-order chi connectivity index (χ0) is 27.0. The van der Waals surface area contributed by atoms with Gasteiger partial charge in [0.15, 0.2) is 0 Å². The fourth-order valence-electron chi connectivity index (χ4n) is 6.98. The van der Waals surface area contributed by atoms with Gasteiger partial charge in [0.2, 0.25) is 0 Å². The van der Waals surface area contributed by atoms with Crippen LogP contribution in [0, 0.1) is 5.92 Å². The number of aryl methyl sites for hydroxylation is 1. The molecule has 0 saturated heterocycles. The van der Waals surface area contributed by atoms with Gasteiger partial charge >= 0.3 is 0 Å². The summed E-state index contributed by atoms with van der Waals surface area (Å²) in [6.45, 7) is 9.30. The molecule has 1 aliphatic heterocycles. The number of hydrogen-bond donors (Lipinski definition) is 0. The van der Waals surface area contributed by atoms with Crippen LogP contribution in [0.4, 0.5) is 0 Å². The predicted octanol–water partition coefficient (Wildman–Crippen LogP) is 7.59. The van der Waals surface area contributed by atoms with Crippen molar-refractivity contribution in [2.75, 3.05) is 0 Å². The summed E-state index contributed by atoms with van der Waals surface area (Å²) in [5.41, 5.74) is 10.8. The molecule has 0 radical (unpaired) electrons. The van der Waals surface area contributed by atoms with Crippen LogP contribution in [0.3, 0.4) is 0 Å². The highest BCUT2D eigenvalue weighted by Gasteiger charge is 2.33.